The van der Waals surface area contributed by atoms with Gasteiger partial charge < -0.3 is 5.11 Å². The Kier molecular flexibility index (Phi) is 3.43. The summed E-state index contributed by atoms with van der Waals surface area (Å²) >= 11 is 5.64. The Morgan fingerprint density at radius 3 is 2.36 bits per heavy atom. The lowest BCUT2D eigenvalue weighted by Crippen LogP contribution is -2.23. The smallest absolute Gasteiger partial charge is 0.239 e. The molecule has 0 aliphatic heterocycles. The molecule has 0 bridgehead atoms. The van der Waals surface area contributed by atoms with Crippen LogP contribution >= 0.6 is 11.6 Å². The van der Waals surface area contributed by atoms with Gasteiger partial charge in [0, 0.05) is 16.9 Å². The molecule has 0 saturated carbocycles. The lowest BCUT2D eigenvalue weighted by atomic mass is 10.0. The summed E-state index contributed by atoms with van der Waals surface area (Å²) in [5.74, 6) is 0. The quantitative estimate of drug-likeness (QED) is 0.620. The van der Waals surface area contributed by atoms with Gasteiger partial charge in [-0.1, -0.05) is 23.7 Å². The number of nitrogens with zero attached hydrogens (tertiary/aromatic N) is 1. The Bertz CT molecular complexity index is 325. The number of benzene rings is 1. The molecule has 0 aliphatic rings. The molecule has 0 fully saturated rings. The maximum absolute atomic E-state index is 10.4. The molecule has 1 aromatic rings. The van der Waals surface area contributed by atoms with Gasteiger partial charge in [0.1, 0.15) is 6.10 Å². The predicted molar refractivity (Wildman–Crippen MR) is 52.9 cm³/mol. The monoisotopic (exact) mass is 215 g/mol. The van der Waals surface area contributed by atoms with E-state index in [0.717, 1.165) is 0 Å². The Hall–Kier alpha value is -1.13. The van der Waals surface area contributed by atoms with Crippen molar-refractivity contribution in [3.63, 3.8) is 0 Å². The minimum Gasteiger partial charge on any atom is -0.381 e. The van der Waals surface area contributed by atoms with Crippen LogP contribution in [0.5, 0.6) is 0 Å². The maximum Gasteiger partial charge on any atom is 0.239 e. The van der Waals surface area contributed by atoms with E-state index in [1.165, 1.54) is 6.92 Å². The van der Waals surface area contributed by atoms with Crippen LogP contribution in [0.1, 0.15) is 18.6 Å². The first-order valence-electron chi connectivity index (χ1n) is 4.09. The molecular weight excluding hydrogens is 206 g/mol. The molecule has 2 atom stereocenters. The third-order valence-electron chi connectivity index (χ3n) is 2.00. The molecule has 4 nitrogen and oxygen atoms in total. The van der Waals surface area contributed by atoms with Crippen molar-refractivity contribution in [3.05, 3.63) is 45.0 Å². The summed E-state index contributed by atoms with van der Waals surface area (Å²) in [5.41, 5.74) is 0.499. The van der Waals surface area contributed by atoms with Crippen LogP contribution in [0.25, 0.3) is 0 Å². The lowest BCUT2D eigenvalue weighted by molar-refractivity contribution is -0.531. The number of hydrogen-bond donors (Lipinski definition) is 1. The first-order valence-corrected chi connectivity index (χ1v) is 4.47. The van der Waals surface area contributed by atoms with Crippen LogP contribution in [0.3, 0.4) is 0 Å². The second-order valence-electron chi connectivity index (χ2n) is 3.02. The van der Waals surface area contributed by atoms with Gasteiger partial charge in [-0.3, -0.25) is 10.1 Å². The normalized spacial score (nSPS) is 14.8. The highest BCUT2D eigenvalue weighted by molar-refractivity contribution is 6.30. The van der Waals surface area contributed by atoms with Gasteiger partial charge in [0.15, 0.2) is 0 Å². The number of rotatable bonds is 3. The summed E-state index contributed by atoms with van der Waals surface area (Å²) in [5, 5.41) is 20.5. The first kappa shape index (κ1) is 10.9. The van der Waals surface area contributed by atoms with Gasteiger partial charge >= 0.3 is 0 Å². The summed E-state index contributed by atoms with van der Waals surface area (Å²) in [6, 6.07) is 5.32. The molecular formula is C9H10ClNO3. The Labute approximate surface area is 86.3 Å². The van der Waals surface area contributed by atoms with Crippen LogP contribution in [0.4, 0.5) is 0 Å². The van der Waals surface area contributed by atoms with Gasteiger partial charge in [-0.15, -0.1) is 0 Å². The van der Waals surface area contributed by atoms with Crippen molar-refractivity contribution < 1.29 is 10.0 Å². The number of aliphatic hydroxyl groups excluding tert-OH is 1. The highest BCUT2D eigenvalue weighted by Crippen LogP contribution is 2.20. The second kappa shape index (κ2) is 4.39. The minimum absolute atomic E-state index is 0.499. The average Bonchev–Trinajstić information content (AvgIpc) is 2.16. The Balaban J connectivity index is 2.84. The van der Waals surface area contributed by atoms with Gasteiger partial charge in [0.05, 0.1) is 0 Å². The molecule has 1 rings (SSSR count). The zero-order valence-electron chi connectivity index (χ0n) is 7.55. The largest absolute Gasteiger partial charge is 0.381 e. The number of aliphatic hydroxyl groups is 1. The lowest BCUT2D eigenvalue weighted by Gasteiger charge is -2.12. The van der Waals surface area contributed by atoms with Gasteiger partial charge in [-0.2, -0.15) is 0 Å². The van der Waals surface area contributed by atoms with Crippen molar-refractivity contribution in [1.82, 2.24) is 0 Å². The molecule has 0 aliphatic carbocycles. The first-order chi connectivity index (χ1) is 6.52. The van der Waals surface area contributed by atoms with Gasteiger partial charge in [0.25, 0.3) is 0 Å². The molecule has 1 N–H and O–H groups in total. The molecule has 0 unspecified atom stereocenters. The van der Waals surface area contributed by atoms with E-state index in [1.54, 1.807) is 24.3 Å². The highest BCUT2D eigenvalue weighted by atomic mass is 35.5. The number of halogens is 1. The van der Waals surface area contributed by atoms with E-state index in [4.69, 9.17) is 11.6 Å². The molecule has 0 radical (unpaired) electrons. The van der Waals surface area contributed by atoms with Crippen LogP contribution in [0.2, 0.25) is 5.02 Å². The molecule has 5 heteroatoms. The highest BCUT2D eigenvalue weighted by Gasteiger charge is 2.25. The molecule has 0 amide bonds. The average molecular weight is 216 g/mol. The van der Waals surface area contributed by atoms with Crippen molar-refractivity contribution in [2.45, 2.75) is 19.1 Å². The molecule has 0 aromatic heterocycles. The fourth-order valence-corrected chi connectivity index (χ4v) is 1.18. The van der Waals surface area contributed by atoms with Crippen LogP contribution in [-0.2, 0) is 0 Å². The Morgan fingerprint density at radius 2 is 1.93 bits per heavy atom. The van der Waals surface area contributed by atoms with E-state index >= 15 is 0 Å². The SMILES string of the molecule is C[C@@H]([C@H](O)c1ccc(Cl)cc1)[N+](=O)[O-]. The fraction of sp³-hybridized carbons (Fsp3) is 0.333. The third kappa shape index (κ3) is 2.43. The van der Waals surface area contributed by atoms with E-state index < -0.39 is 17.1 Å². The second-order valence-corrected chi connectivity index (χ2v) is 3.46. The van der Waals surface area contributed by atoms with Gasteiger partial charge in [-0.25, -0.2) is 0 Å². The van der Waals surface area contributed by atoms with Gasteiger partial charge in [0.2, 0.25) is 6.04 Å². The van der Waals surface area contributed by atoms with Gasteiger partial charge in [-0.05, 0) is 17.7 Å². The van der Waals surface area contributed by atoms with Crippen LogP contribution in [0, 0.1) is 10.1 Å². The predicted octanol–water partition coefficient (Wildman–Crippen LogP) is 2.04. The standard InChI is InChI=1S/C9H10ClNO3/c1-6(11(13)14)9(12)7-2-4-8(10)5-3-7/h2-6,9,12H,1H3/t6-,9-/m0/s1. The summed E-state index contributed by atoms with van der Waals surface area (Å²) in [6.07, 6.45) is -1.10. The van der Waals surface area contributed by atoms with Crippen molar-refractivity contribution >= 4 is 11.6 Å². The van der Waals surface area contributed by atoms with Crippen molar-refractivity contribution in [2.75, 3.05) is 0 Å². The van der Waals surface area contributed by atoms with Crippen molar-refractivity contribution in [1.29, 1.82) is 0 Å². The van der Waals surface area contributed by atoms with Crippen LogP contribution in [-0.4, -0.2) is 16.1 Å². The summed E-state index contributed by atoms with van der Waals surface area (Å²) in [7, 11) is 0. The zero-order chi connectivity index (χ0) is 10.7. The summed E-state index contributed by atoms with van der Waals surface area (Å²) in [4.78, 5) is 9.89. The number of hydrogen-bond acceptors (Lipinski definition) is 3. The fourth-order valence-electron chi connectivity index (χ4n) is 1.05. The third-order valence-corrected chi connectivity index (χ3v) is 2.25. The van der Waals surface area contributed by atoms with Crippen molar-refractivity contribution in [2.24, 2.45) is 0 Å². The van der Waals surface area contributed by atoms with E-state index in [1.807, 2.05) is 0 Å². The molecule has 1 aromatic carbocycles. The molecule has 14 heavy (non-hydrogen) atoms. The van der Waals surface area contributed by atoms with Crippen LogP contribution < -0.4 is 0 Å². The topological polar surface area (TPSA) is 63.4 Å². The zero-order valence-corrected chi connectivity index (χ0v) is 8.31. The molecule has 0 saturated heterocycles. The minimum atomic E-state index is -1.10. The van der Waals surface area contributed by atoms with Crippen LogP contribution in [0.15, 0.2) is 24.3 Å². The van der Waals surface area contributed by atoms with Crippen molar-refractivity contribution in [3.8, 4) is 0 Å². The maximum atomic E-state index is 10.4. The molecule has 76 valence electrons. The van der Waals surface area contributed by atoms with E-state index in [9.17, 15) is 15.2 Å². The van der Waals surface area contributed by atoms with E-state index in [2.05, 4.69) is 0 Å². The molecule has 0 spiro atoms. The van der Waals surface area contributed by atoms with E-state index in [-0.39, 0.29) is 0 Å². The summed E-state index contributed by atoms with van der Waals surface area (Å²) in [6.45, 7) is 1.36. The Morgan fingerprint density at radius 1 is 1.43 bits per heavy atom. The summed E-state index contributed by atoms with van der Waals surface area (Å²) < 4.78 is 0. The number of nitro groups is 1. The van der Waals surface area contributed by atoms with E-state index in [0.29, 0.717) is 10.6 Å². The molecule has 0 heterocycles.